The lowest BCUT2D eigenvalue weighted by Gasteiger charge is -2.23. The van der Waals surface area contributed by atoms with Gasteiger partial charge in [0, 0.05) is 37.3 Å². The summed E-state index contributed by atoms with van der Waals surface area (Å²) < 4.78 is 33.4. The van der Waals surface area contributed by atoms with Gasteiger partial charge in [0.15, 0.2) is 0 Å². The number of anilines is 1. The average Bonchev–Trinajstić information content (AvgIpc) is 3.54. The van der Waals surface area contributed by atoms with Gasteiger partial charge in [-0.3, -0.25) is 9.36 Å². The van der Waals surface area contributed by atoms with E-state index in [1.165, 1.54) is 10.6 Å². The number of carbonyl (C=O) groups excluding carboxylic acids is 1. The summed E-state index contributed by atoms with van der Waals surface area (Å²) in [5.41, 5.74) is 0.0674. The van der Waals surface area contributed by atoms with Gasteiger partial charge in [0.2, 0.25) is 0 Å². The van der Waals surface area contributed by atoms with E-state index in [9.17, 15) is 9.59 Å². The van der Waals surface area contributed by atoms with E-state index in [0.29, 0.717) is 48.6 Å². The predicted octanol–water partition coefficient (Wildman–Crippen LogP) is 4.79. The number of hydrogen-bond donors (Lipinski definition) is 1. The summed E-state index contributed by atoms with van der Waals surface area (Å²) in [6.45, 7) is 7.77. The quantitative estimate of drug-likeness (QED) is 0.500. The number of pyridine rings is 1. The molecular weight excluding hydrogens is 489 g/mol. The Balaban J connectivity index is 1.28. The van der Waals surface area contributed by atoms with Crippen LogP contribution in [0.15, 0.2) is 53.5 Å². The highest BCUT2D eigenvalue weighted by molar-refractivity contribution is 5.83. The van der Waals surface area contributed by atoms with Gasteiger partial charge in [0.05, 0.1) is 23.5 Å². The minimum Gasteiger partial charge on any atom is -0.491 e. The Bertz CT molecular complexity index is 1380. The Kier molecular flexibility index (Phi) is 7.29. The van der Waals surface area contributed by atoms with Crippen LogP contribution in [0.25, 0.3) is 16.5 Å². The van der Waals surface area contributed by atoms with Crippen molar-refractivity contribution in [3.63, 3.8) is 0 Å². The maximum Gasteiger partial charge on any atom is 0.407 e. The number of carbonyl (C=O) groups is 1. The molecule has 1 aromatic heterocycles. The minimum atomic E-state index is -0.578. The molecule has 0 bridgehead atoms. The molecule has 8 nitrogen and oxygen atoms in total. The molecule has 0 aliphatic carbocycles. The van der Waals surface area contributed by atoms with E-state index in [-0.39, 0.29) is 17.7 Å². The number of ether oxygens (including phenoxy) is 3. The number of halogens is 1. The van der Waals surface area contributed by atoms with E-state index in [1.54, 1.807) is 30.5 Å². The first kappa shape index (κ1) is 26.0. The van der Waals surface area contributed by atoms with Gasteiger partial charge in [-0.1, -0.05) is 0 Å². The number of nitrogens with one attached hydrogen (secondary N) is 1. The Hall–Kier alpha value is -3.59. The van der Waals surface area contributed by atoms with Gasteiger partial charge in [-0.25, -0.2) is 9.18 Å². The van der Waals surface area contributed by atoms with Gasteiger partial charge < -0.3 is 24.4 Å². The maximum absolute atomic E-state index is 15.2. The van der Waals surface area contributed by atoms with Crippen LogP contribution in [-0.4, -0.2) is 54.7 Å². The van der Waals surface area contributed by atoms with Crippen LogP contribution in [0.3, 0.4) is 0 Å². The van der Waals surface area contributed by atoms with E-state index in [4.69, 9.17) is 14.2 Å². The van der Waals surface area contributed by atoms with Crippen molar-refractivity contribution in [3.8, 4) is 11.4 Å². The van der Waals surface area contributed by atoms with Gasteiger partial charge in [0.1, 0.15) is 23.8 Å². The van der Waals surface area contributed by atoms with Crippen LogP contribution in [-0.2, 0) is 9.47 Å². The lowest BCUT2D eigenvalue weighted by atomic mass is 10.1. The van der Waals surface area contributed by atoms with E-state index in [2.05, 4.69) is 5.32 Å². The zero-order valence-corrected chi connectivity index (χ0v) is 22.0. The fraction of sp³-hybridized carbons (Fsp3) is 0.448. The summed E-state index contributed by atoms with van der Waals surface area (Å²) in [5, 5.41) is 4.14. The summed E-state index contributed by atoms with van der Waals surface area (Å²) in [5.74, 6) is 0.260. The molecule has 0 radical (unpaired) electrons. The molecule has 2 aromatic carbocycles. The molecule has 1 unspecified atom stereocenters. The Morgan fingerprint density at radius 2 is 2.00 bits per heavy atom. The van der Waals surface area contributed by atoms with Crippen molar-refractivity contribution in [3.05, 3.63) is 64.8 Å². The summed E-state index contributed by atoms with van der Waals surface area (Å²) >= 11 is 0. The standard InChI is InChI=1S/C29H34FN3O5/c1-29(2,3)38-28(35)31-20-11-12-32(17-20)26-9-6-21(16-25(26)30)33-13-10-19-15-22(7-8-24(19)27(33)34)37-18-23-5-4-14-36-23/h6-10,13,15-16,20,23H,4-5,11-12,14,17-18H2,1-3H3,(H,31,35)/t20?,23-/m1/s1. The molecule has 2 atom stereocenters. The smallest absolute Gasteiger partial charge is 0.407 e. The van der Waals surface area contributed by atoms with Gasteiger partial charge in [-0.05, 0) is 81.8 Å². The summed E-state index contributed by atoms with van der Waals surface area (Å²) in [7, 11) is 0. The summed E-state index contributed by atoms with van der Waals surface area (Å²) in [6.07, 6.45) is 4.02. The molecule has 2 aliphatic heterocycles. The van der Waals surface area contributed by atoms with Crippen molar-refractivity contribution in [2.24, 2.45) is 0 Å². The lowest BCUT2D eigenvalue weighted by Crippen LogP contribution is -2.40. The van der Waals surface area contributed by atoms with Gasteiger partial charge in [-0.2, -0.15) is 0 Å². The van der Waals surface area contributed by atoms with E-state index < -0.39 is 17.5 Å². The zero-order chi connectivity index (χ0) is 26.9. The number of nitrogens with zero attached hydrogens (tertiary/aromatic N) is 2. The molecule has 1 amide bonds. The van der Waals surface area contributed by atoms with Crippen molar-refractivity contribution in [2.45, 2.75) is 57.8 Å². The highest BCUT2D eigenvalue weighted by Gasteiger charge is 2.28. The van der Waals surface area contributed by atoms with Crippen LogP contribution in [0.2, 0.25) is 0 Å². The summed E-state index contributed by atoms with van der Waals surface area (Å²) in [6, 6.07) is 11.8. The van der Waals surface area contributed by atoms with Crippen LogP contribution in [0.5, 0.6) is 5.75 Å². The van der Waals surface area contributed by atoms with Crippen molar-refractivity contribution >= 4 is 22.6 Å². The number of hydrogen-bond acceptors (Lipinski definition) is 6. The molecule has 3 aromatic rings. The van der Waals surface area contributed by atoms with Crippen molar-refractivity contribution in [2.75, 3.05) is 31.2 Å². The van der Waals surface area contributed by atoms with Crippen LogP contribution in [0.4, 0.5) is 14.9 Å². The number of amides is 1. The second-order valence-electron chi connectivity index (χ2n) is 10.9. The van der Waals surface area contributed by atoms with Gasteiger partial charge in [0.25, 0.3) is 5.56 Å². The molecule has 0 spiro atoms. The molecule has 5 rings (SSSR count). The van der Waals surface area contributed by atoms with Gasteiger partial charge >= 0.3 is 6.09 Å². The number of rotatable bonds is 6. The van der Waals surface area contributed by atoms with E-state index in [0.717, 1.165) is 24.8 Å². The van der Waals surface area contributed by atoms with Crippen LogP contribution in [0, 0.1) is 5.82 Å². The first-order valence-electron chi connectivity index (χ1n) is 13.1. The SMILES string of the molecule is CC(C)(C)OC(=O)NC1CCN(c2ccc(-n3ccc4cc(OC[C@H]5CCCO5)ccc4c3=O)cc2F)C1. The fourth-order valence-corrected chi connectivity index (χ4v) is 4.96. The molecular formula is C29H34FN3O5. The summed E-state index contributed by atoms with van der Waals surface area (Å²) in [4.78, 5) is 27.2. The first-order chi connectivity index (χ1) is 18.2. The van der Waals surface area contributed by atoms with Crippen LogP contribution < -0.4 is 20.5 Å². The van der Waals surface area contributed by atoms with Crippen molar-refractivity contribution < 1.29 is 23.4 Å². The average molecular weight is 524 g/mol. The second kappa shape index (κ2) is 10.6. The first-order valence-corrected chi connectivity index (χ1v) is 13.1. The minimum absolute atomic E-state index is 0.115. The molecule has 1 N–H and O–H groups in total. The Morgan fingerprint density at radius 1 is 1.16 bits per heavy atom. The van der Waals surface area contributed by atoms with Crippen molar-refractivity contribution in [1.82, 2.24) is 9.88 Å². The van der Waals surface area contributed by atoms with E-state index >= 15 is 4.39 Å². The normalized spacial score (nSPS) is 19.6. The molecule has 2 aliphatic rings. The highest BCUT2D eigenvalue weighted by Crippen LogP contribution is 2.27. The molecule has 9 heteroatoms. The fourth-order valence-electron chi connectivity index (χ4n) is 4.96. The molecule has 38 heavy (non-hydrogen) atoms. The third kappa shape index (κ3) is 5.93. The van der Waals surface area contributed by atoms with E-state index in [1.807, 2.05) is 37.8 Å². The molecule has 0 saturated carbocycles. The van der Waals surface area contributed by atoms with Crippen molar-refractivity contribution in [1.29, 1.82) is 0 Å². The zero-order valence-electron chi connectivity index (χ0n) is 22.0. The number of benzene rings is 2. The molecule has 202 valence electrons. The molecule has 3 heterocycles. The van der Waals surface area contributed by atoms with Gasteiger partial charge in [-0.15, -0.1) is 0 Å². The third-order valence-electron chi connectivity index (χ3n) is 6.79. The monoisotopic (exact) mass is 523 g/mol. The Morgan fingerprint density at radius 3 is 2.74 bits per heavy atom. The highest BCUT2D eigenvalue weighted by atomic mass is 19.1. The molecule has 2 saturated heterocycles. The number of alkyl carbamates (subject to hydrolysis) is 1. The third-order valence-corrected chi connectivity index (χ3v) is 6.79. The lowest BCUT2D eigenvalue weighted by molar-refractivity contribution is 0.0509. The topological polar surface area (TPSA) is 82.0 Å². The number of fused-ring (bicyclic) bond motifs is 1. The van der Waals surface area contributed by atoms with Crippen LogP contribution >= 0.6 is 0 Å². The predicted molar refractivity (Wildman–Crippen MR) is 144 cm³/mol. The van der Waals surface area contributed by atoms with Crippen LogP contribution in [0.1, 0.15) is 40.0 Å². The largest absolute Gasteiger partial charge is 0.491 e. The second-order valence-corrected chi connectivity index (χ2v) is 10.9. The molecule has 2 fully saturated rings. The number of aromatic nitrogens is 1. The Labute approximate surface area is 221 Å². The maximum atomic E-state index is 15.2.